The van der Waals surface area contributed by atoms with Gasteiger partial charge >= 0.3 is 0 Å². The van der Waals surface area contributed by atoms with Gasteiger partial charge in [-0.15, -0.1) is 11.3 Å². The molecule has 1 heterocycles. The van der Waals surface area contributed by atoms with E-state index in [0.29, 0.717) is 18.8 Å². The third kappa shape index (κ3) is 7.80. The fourth-order valence-corrected chi connectivity index (χ4v) is 5.36. The third-order valence-electron chi connectivity index (χ3n) is 6.51. The predicted molar refractivity (Wildman–Crippen MR) is 153 cm³/mol. The molecule has 0 aliphatic heterocycles. The lowest BCUT2D eigenvalue weighted by molar-refractivity contribution is -0.134. The Morgan fingerprint density at radius 3 is 2.29 bits per heavy atom. The molecule has 2 aromatic carbocycles. The Kier molecular flexibility index (Phi) is 11.1. The highest BCUT2D eigenvalue weighted by atomic mass is 32.2. The molecule has 0 radical (unpaired) electrons. The number of amides is 1. The van der Waals surface area contributed by atoms with Gasteiger partial charge < -0.3 is 9.64 Å². The fourth-order valence-electron chi connectivity index (χ4n) is 4.24. The summed E-state index contributed by atoms with van der Waals surface area (Å²) in [5.41, 5.74) is 2.32. The van der Waals surface area contributed by atoms with Gasteiger partial charge in [0, 0.05) is 11.4 Å². The summed E-state index contributed by atoms with van der Waals surface area (Å²) >= 11 is 0.460. The van der Waals surface area contributed by atoms with Gasteiger partial charge in [0.05, 0.1) is 19.1 Å². The first-order valence-electron chi connectivity index (χ1n) is 12.5. The SMILES string of the molecule is CNS(=O)NC.COc1ccc(C2(C(=O)N(CCCc3ccccc3)Cc3nc(C=O)c(C)s3)CC2)cc1. The number of nitrogens with one attached hydrogen (secondary N) is 2. The molecule has 38 heavy (non-hydrogen) atoms. The van der Waals surface area contributed by atoms with E-state index in [1.165, 1.54) is 16.9 Å². The van der Waals surface area contributed by atoms with Crippen molar-refractivity contribution in [1.29, 1.82) is 0 Å². The van der Waals surface area contributed by atoms with Crippen LogP contribution in [0.5, 0.6) is 5.75 Å². The van der Waals surface area contributed by atoms with Crippen molar-refractivity contribution in [3.63, 3.8) is 0 Å². The van der Waals surface area contributed by atoms with Crippen LogP contribution < -0.4 is 14.2 Å². The van der Waals surface area contributed by atoms with Crippen LogP contribution in [-0.2, 0) is 34.3 Å². The summed E-state index contributed by atoms with van der Waals surface area (Å²) < 4.78 is 20.3. The zero-order valence-electron chi connectivity index (χ0n) is 22.4. The van der Waals surface area contributed by atoms with Crippen LogP contribution in [-0.4, -0.2) is 54.0 Å². The zero-order valence-corrected chi connectivity index (χ0v) is 24.0. The van der Waals surface area contributed by atoms with E-state index in [0.717, 1.165) is 53.2 Å². The Bertz CT molecular complexity index is 1210. The first kappa shape index (κ1) is 29.6. The van der Waals surface area contributed by atoms with Crippen molar-refractivity contribution < 1.29 is 18.5 Å². The molecular formula is C28H36N4O4S2. The van der Waals surface area contributed by atoms with E-state index in [2.05, 4.69) is 26.6 Å². The largest absolute Gasteiger partial charge is 0.497 e. The highest BCUT2D eigenvalue weighted by molar-refractivity contribution is 7.80. The summed E-state index contributed by atoms with van der Waals surface area (Å²) in [7, 11) is 4.88. The van der Waals surface area contributed by atoms with Gasteiger partial charge in [-0.2, -0.15) is 0 Å². The Hall–Kier alpha value is -2.92. The number of hydrogen-bond acceptors (Lipinski definition) is 6. The maximum Gasteiger partial charge on any atom is 0.233 e. The standard InChI is InChI=1S/C26H28N2O3S.C2H8N2OS/c1-19-23(18-29)27-24(32-19)17-28(16-6-9-20-7-4-3-5-8-20)25(30)26(14-15-26)21-10-12-22(31-2)13-11-21;1-3-6(5)4-2/h3-5,7-8,10-13,18H,6,9,14-17H2,1-2H3;3-4H,1-2H3. The molecule has 1 saturated carbocycles. The number of hydrogen-bond donors (Lipinski definition) is 2. The Balaban J connectivity index is 0.000000599. The predicted octanol–water partition coefficient (Wildman–Crippen LogP) is 3.97. The summed E-state index contributed by atoms with van der Waals surface area (Å²) in [5.74, 6) is 0.938. The van der Waals surface area contributed by atoms with Crippen molar-refractivity contribution in [3.8, 4) is 5.75 Å². The number of aromatic nitrogens is 1. The van der Waals surface area contributed by atoms with E-state index < -0.39 is 16.6 Å². The molecule has 10 heteroatoms. The highest BCUT2D eigenvalue weighted by Gasteiger charge is 2.53. The van der Waals surface area contributed by atoms with Crippen molar-refractivity contribution in [2.75, 3.05) is 27.7 Å². The molecule has 0 unspecified atom stereocenters. The van der Waals surface area contributed by atoms with E-state index >= 15 is 0 Å². The number of thiazole rings is 1. The monoisotopic (exact) mass is 556 g/mol. The van der Waals surface area contributed by atoms with Crippen LogP contribution in [0.3, 0.4) is 0 Å². The second-order valence-corrected chi connectivity index (χ2v) is 11.6. The van der Waals surface area contributed by atoms with Crippen molar-refractivity contribution in [3.05, 3.63) is 81.3 Å². The average molecular weight is 557 g/mol. The molecule has 1 fully saturated rings. The highest BCUT2D eigenvalue weighted by Crippen LogP contribution is 2.50. The molecule has 2 N–H and O–H groups in total. The average Bonchev–Trinajstić information content (AvgIpc) is 3.69. The summed E-state index contributed by atoms with van der Waals surface area (Å²) in [5, 5.41) is 0.809. The minimum atomic E-state index is -1.03. The lowest BCUT2D eigenvalue weighted by atomic mass is 9.94. The summed E-state index contributed by atoms with van der Waals surface area (Å²) in [6, 6.07) is 18.2. The van der Waals surface area contributed by atoms with Gasteiger partial charge in [-0.3, -0.25) is 9.59 Å². The minimum absolute atomic E-state index is 0.149. The van der Waals surface area contributed by atoms with E-state index in [1.54, 1.807) is 21.2 Å². The topological polar surface area (TPSA) is 101 Å². The Morgan fingerprint density at radius 1 is 1.13 bits per heavy atom. The molecule has 0 saturated heterocycles. The molecular weight excluding hydrogens is 520 g/mol. The fraction of sp³-hybridized carbons (Fsp3) is 0.393. The molecule has 3 aromatic rings. The Morgan fingerprint density at radius 2 is 1.79 bits per heavy atom. The molecule has 1 aliphatic carbocycles. The van der Waals surface area contributed by atoms with Gasteiger partial charge in [0.1, 0.15) is 16.5 Å². The van der Waals surface area contributed by atoms with Gasteiger partial charge in [-0.05, 0) is 70.0 Å². The van der Waals surface area contributed by atoms with E-state index in [9.17, 15) is 13.8 Å². The zero-order chi connectivity index (χ0) is 27.5. The summed E-state index contributed by atoms with van der Waals surface area (Å²) in [6.07, 6.45) is 4.28. The smallest absolute Gasteiger partial charge is 0.233 e. The van der Waals surface area contributed by atoms with Crippen LogP contribution in [0.1, 0.15) is 50.8 Å². The second-order valence-electron chi connectivity index (χ2n) is 8.97. The van der Waals surface area contributed by atoms with Crippen LogP contribution >= 0.6 is 11.3 Å². The number of aryl methyl sites for hydroxylation is 2. The number of carbonyl (C=O) groups is 2. The molecule has 0 atom stereocenters. The quantitative estimate of drug-likeness (QED) is 0.329. The molecule has 8 nitrogen and oxygen atoms in total. The maximum atomic E-state index is 13.8. The molecule has 204 valence electrons. The molecule has 4 rings (SSSR count). The van der Waals surface area contributed by atoms with Crippen LogP contribution in [0.15, 0.2) is 54.6 Å². The van der Waals surface area contributed by atoms with E-state index in [-0.39, 0.29) is 5.91 Å². The normalized spacial score (nSPS) is 13.4. The van der Waals surface area contributed by atoms with Crippen LogP contribution in [0.25, 0.3) is 0 Å². The minimum Gasteiger partial charge on any atom is -0.497 e. The maximum absolute atomic E-state index is 13.8. The summed E-state index contributed by atoms with van der Waals surface area (Å²) in [4.78, 5) is 32.3. The van der Waals surface area contributed by atoms with E-state index in [4.69, 9.17) is 4.74 Å². The van der Waals surface area contributed by atoms with Gasteiger partial charge in [-0.1, -0.05) is 42.5 Å². The van der Waals surface area contributed by atoms with Crippen molar-refractivity contribution in [1.82, 2.24) is 19.3 Å². The van der Waals surface area contributed by atoms with Crippen molar-refractivity contribution in [2.24, 2.45) is 0 Å². The number of rotatable bonds is 12. The van der Waals surface area contributed by atoms with Gasteiger partial charge in [0.25, 0.3) is 0 Å². The lowest BCUT2D eigenvalue weighted by Gasteiger charge is -2.27. The van der Waals surface area contributed by atoms with Gasteiger partial charge in [0.2, 0.25) is 5.91 Å². The first-order valence-corrected chi connectivity index (χ1v) is 14.5. The number of methoxy groups -OCH3 is 1. The number of carbonyl (C=O) groups excluding carboxylic acids is 2. The Labute approximate surface area is 231 Å². The molecule has 0 spiro atoms. The van der Waals surface area contributed by atoms with Gasteiger partial charge in [-0.25, -0.2) is 18.6 Å². The first-order chi connectivity index (χ1) is 18.4. The third-order valence-corrected chi connectivity index (χ3v) is 8.22. The molecule has 1 amide bonds. The second kappa shape index (κ2) is 14.3. The van der Waals surface area contributed by atoms with Crippen LogP contribution in [0.2, 0.25) is 0 Å². The lowest BCUT2D eigenvalue weighted by Crippen LogP contribution is -2.39. The van der Waals surface area contributed by atoms with Gasteiger partial charge in [0.15, 0.2) is 17.5 Å². The number of nitrogens with zero attached hydrogens (tertiary/aromatic N) is 2. The molecule has 1 aromatic heterocycles. The number of ether oxygens (including phenoxy) is 1. The van der Waals surface area contributed by atoms with Crippen molar-refractivity contribution in [2.45, 2.75) is 44.6 Å². The number of aldehydes is 1. The molecule has 0 bridgehead atoms. The summed E-state index contributed by atoms with van der Waals surface area (Å²) in [6.45, 7) is 2.98. The number of benzene rings is 2. The van der Waals surface area contributed by atoms with E-state index in [1.807, 2.05) is 54.3 Å². The molecule has 1 aliphatic rings. The van der Waals surface area contributed by atoms with Crippen LogP contribution in [0.4, 0.5) is 0 Å². The van der Waals surface area contributed by atoms with Crippen LogP contribution in [0, 0.1) is 6.92 Å². The van der Waals surface area contributed by atoms with Crippen molar-refractivity contribution >= 4 is 34.7 Å².